The Morgan fingerprint density at radius 2 is 2.16 bits per heavy atom. The zero-order valence-corrected chi connectivity index (χ0v) is 18.1. The Balaban J connectivity index is 1.78. The van der Waals surface area contributed by atoms with E-state index in [1.807, 2.05) is 12.1 Å². The lowest BCUT2D eigenvalue weighted by atomic mass is 10.1. The number of likely N-dealkylation sites (tertiary alicyclic amines) is 1. The van der Waals surface area contributed by atoms with Gasteiger partial charge < -0.3 is 15.8 Å². The monoisotopic (exact) mass is 444 g/mol. The molecule has 9 heteroatoms. The number of fused-ring (bicyclic) bond motifs is 1. The number of carbonyl (C=O) groups excluding carboxylic acids is 1. The lowest BCUT2D eigenvalue weighted by Gasteiger charge is -2.34. The third kappa shape index (κ3) is 3.88. The predicted octanol–water partition coefficient (Wildman–Crippen LogP) is 4.75. The summed E-state index contributed by atoms with van der Waals surface area (Å²) in [7, 11) is 1.59. The van der Waals surface area contributed by atoms with Crippen LogP contribution >= 0.6 is 11.6 Å². The van der Waals surface area contributed by atoms with Crippen LogP contribution in [0.4, 0.5) is 20.7 Å². The van der Waals surface area contributed by atoms with Crippen molar-refractivity contribution in [3.8, 4) is 5.75 Å². The molecule has 3 N–H and O–H groups in total. The molecule has 1 aliphatic rings. The van der Waals surface area contributed by atoms with E-state index in [0.29, 0.717) is 35.9 Å². The molecular formula is C22H24ClFN5O2+. The fraction of sp³-hybridized carbons (Fsp3) is 0.318. The number of urea groups is 1. The SMILES string of the molecule is COc1cc2ncnc(Nc3ccc(F)c(Cl)c3)c2cc1C[N+]1(C(N)=O)CCC[C@H]1C. The molecule has 3 aromatic rings. The number of aromatic nitrogens is 2. The number of nitrogens with two attached hydrogens (primary N) is 1. The van der Waals surface area contributed by atoms with Crippen LogP contribution in [0.5, 0.6) is 5.75 Å². The Hall–Kier alpha value is -2.97. The topological polar surface area (TPSA) is 90.1 Å². The highest BCUT2D eigenvalue weighted by Crippen LogP contribution is 2.36. The van der Waals surface area contributed by atoms with Crippen LogP contribution in [0.1, 0.15) is 25.3 Å². The summed E-state index contributed by atoms with van der Waals surface area (Å²) in [5.41, 5.74) is 7.96. The third-order valence-electron chi connectivity index (χ3n) is 6.13. The van der Waals surface area contributed by atoms with Gasteiger partial charge in [0.2, 0.25) is 0 Å². The van der Waals surface area contributed by atoms with Crippen molar-refractivity contribution in [2.45, 2.75) is 32.4 Å². The van der Waals surface area contributed by atoms with Gasteiger partial charge in [-0.3, -0.25) is 0 Å². The molecule has 31 heavy (non-hydrogen) atoms. The molecule has 0 spiro atoms. The van der Waals surface area contributed by atoms with E-state index in [0.717, 1.165) is 23.8 Å². The zero-order valence-electron chi connectivity index (χ0n) is 17.4. The predicted molar refractivity (Wildman–Crippen MR) is 118 cm³/mol. The number of methoxy groups -OCH3 is 1. The lowest BCUT2D eigenvalue weighted by Crippen LogP contribution is -2.56. The van der Waals surface area contributed by atoms with Gasteiger partial charge in [-0.1, -0.05) is 11.6 Å². The molecule has 1 unspecified atom stereocenters. The van der Waals surface area contributed by atoms with Crippen molar-refractivity contribution in [2.24, 2.45) is 5.73 Å². The molecular weight excluding hydrogens is 421 g/mol. The van der Waals surface area contributed by atoms with E-state index < -0.39 is 5.82 Å². The number of halogens is 2. The molecule has 2 atom stereocenters. The molecule has 1 fully saturated rings. The highest BCUT2D eigenvalue weighted by atomic mass is 35.5. The summed E-state index contributed by atoms with van der Waals surface area (Å²) in [6.07, 6.45) is 3.33. The van der Waals surface area contributed by atoms with E-state index in [1.165, 1.54) is 18.5 Å². The number of rotatable bonds is 5. The van der Waals surface area contributed by atoms with Gasteiger partial charge in [0.15, 0.2) is 0 Å². The minimum absolute atomic E-state index is 0.0154. The highest BCUT2D eigenvalue weighted by Gasteiger charge is 2.45. The lowest BCUT2D eigenvalue weighted by molar-refractivity contribution is -0.872. The zero-order chi connectivity index (χ0) is 22.2. The Labute approximate surface area is 184 Å². The number of quaternary nitrogens is 1. The number of carbonyl (C=O) groups is 1. The first-order chi connectivity index (χ1) is 14.8. The van der Waals surface area contributed by atoms with Crippen LogP contribution in [-0.2, 0) is 6.54 Å². The molecule has 1 aliphatic heterocycles. The van der Waals surface area contributed by atoms with E-state index in [4.69, 9.17) is 22.1 Å². The summed E-state index contributed by atoms with van der Waals surface area (Å²) >= 11 is 5.91. The average molecular weight is 445 g/mol. The molecule has 0 bridgehead atoms. The molecule has 2 aromatic carbocycles. The van der Waals surface area contributed by atoms with Crippen LogP contribution in [0.15, 0.2) is 36.7 Å². The number of hydrogen-bond acceptors (Lipinski definition) is 5. The average Bonchev–Trinajstić information content (AvgIpc) is 3.12. The van der Waals surface area contributed by atoms with Gasteiger partial charge in [-0.05, 0) is 31.2 Å². The van der Waals surface area contributed by atoms with Crippen molar-refractivity contribution >= 4 is 40.0 Å². The van der Waals surface area contributed by atoms with E-state index in [9.17, 15) is 9.18 Å². The summed E-state index contributed by atoms with van der Waals surface area (Å²) in [5, 5.41) is 3.93. The van der Waals surface area contributed by atoms with Gasteiger partial charge in [0.1, 0.15) is 30.3 Å². The maximum Gasteiger partial charge on any atom is 0.414 e. The number of hydrogen-bond donors (Lipinski definition) is 2. The van der Waals surface area contributed by atoms with Crippen LogP contribution in [0, 0.1) is 5.82 Å². The second-order valence-electron chi connectivity index (χ2n) is 7.90. The highest BCUT2D eigenvalue weighted by molar-refractivity contribution is 6.31. The minimum atomic E-state index is -0.494. The van der Waals surface area contributed by atoms with Crippen LogP contribution in [-0.4, -0.2) is 40.2 Å². The second kappa shape index (κ2) is 8.28. The summed E-state index contributed by atoms with van der Waals surface area (Å²) in [4.78, 5) is 21.1. The Kier molecular flexibility index (Phi) is 5.68. The first kappa shape index (κ1) is 21.3. The van der Waals surface area contributed by atoms with E-state index >= 15 is 0 Å². The number of anilines is 2. The first-order valence-corrected chi connectivity index (χ1v) is 10.4. The number of ether oxygens (including phenoxy) is 1. The molecule has 0 saturated carbocycles. The van der Waals surface area contributed by atoms with Crippen molar-refractivity contribution < 1.29 is 18.4 Å². The smallest absolute Gasteiger partial charge is 0.414 e. The number of amides is 2. The minimum Gasteiger partial charge on any atom is -0.496 e. The molecule has 2 heterocycles. The number of nitrogens with zero attached hydrogens (tertiary/aromatic N) is 3. The van der Waals surface area contributed by atoms with Crippen LogP contribution in [0.25, 0.3) is 10.9 Å². The third-order valence-corrected chi connectivity index (χ3v) is 6.42. The Morgan fingerprint density at radius 1 is 1.35 bits per heavy atom. The quantitative estimate of drug-likeness (QED) is 0.554. The maximum atomic E-state index is 13.5. The van der Waals surface area contributed by atoms with Gasteiger partial charge in [-0.25, -0.2) is 23.6 Å². The second-order valence-corrected chi connectivity index (χ2v) is 8.31. The van der Waals surface area contributed by atoms with E-state index in [-0.39, 0.29) is 21.6 Å². The Morgan fingerprint density at radius 3 is 2.81 bits per heavy atom. The van der Waals surface area contributed by atoms with Crippen molar-refractivity contribution in [2.75, 3.05) is 19.0 Å². The van der Waals surface area contributed by atoms with Crippen LogP contribution in [0.2, 0.25) is 5.02 Å². The standard InChI is InChI=1S/C22H23ClFN5O2/c1-13-4-3-7-29(13,22(25)30)11-14-8-16-19(10-20(14)31-2)26-12-27-21(16)28-15-5-6-18(24)17(23)9-15/h5-6,8-10,12-13H,3-4,7,11H2,1-2H3,(H2-,25,26,27,28,30)/p+1/t13-,29?/m1/s1. The van der Waals surface area contributed by atoms with Gasteiger partial charge >= 0.3 is 6.03 Å². The molecule has 0 radical (unpaired) electrons. The van der Waals surface area contributed by atoms with Gasteiger partial charge in [-0.2, -0.15) is 0 Å². The van der Waals surface area contributed by atoms with Crippen molar-refractivity contribution in [3.63, 3.8) is 0 Å². The van der Waals surface area contributed by atoms with E-state index in [1.54, 1.807) is 13.2 Å². The summed E-state index contributed by atoms with van der Waals surface area (Å²) in [6.45, 7) is 3.17. The summed E-state index contributed by atoms with van der Waals surface area (Å²) in [5.74, 6) is 0.684. The number of nitrogens with one attached hydrogen (secondary N) is 1. The van der Waals surface area contributed by atoms with Crippen molar-refractivity contribution in [1.29, 1.82) is 0 Å². The molecule has 162 valence electrons. The molecule has 4 rings (SSSR count). The largest absolute Gasteiger partial charge is 0.496 e. The summed E-state index contributed by atoms with van der Waals surface area (Å²) < 4.78 is 19.3. The number of benzene rings is 2. The summed E-state index contributed by atoms with van der Waals surface area (Å²) in [6, 6.07) is 7.91. The normalized spacial score (nSPS) is 20.7. The molecule has 2 amide bonds. The molecule has 0 aliphatic carbocycles. The van der Waals surface area contributed by atoms with Crippen molar-refractivity contribution in [3.05, 3.63) is 53.1 Å². The molecule has 1 saturated heterocycles. The van der Waals surface area contributed by atoms with E-state index in [2.05, 4.69) is 22.2 Å². The van der Waals surface area contributed by atoms with Gasteiger partial charge in [0, 0.05) is 35.5 Å². The van der Waals surface area contributed by atoms with Crippen molar-refractivity contribution in [1.82, 2.24) is 9.97 Å². The first-order valence-electron chi connectivity index (χ1n) is 10.0. The van der Waals surface area contributed by atoms with Gasteiger partial charge in [-0.15, -0.1) is 0 Å². The van der Waals surface area contributed by atoms with Gasteiger partial charge in [0.05, 0.1) is 30.2 Å². The molecule has 7 nitrogen and oxygen atoms in total. The maximum absolute atomic E-state index is 13.5. The van der Waals surface area contributed by atoms with Gasteiger partial charge in [0.25, 0.3) is 0 Å². The molecule has 1 aromatic heterocycles. The number of primary amides is 1. The Bertz CT molecular complexity index is 1160. The van der Waals surface area contributed by atoms with Crippen LogP contribution < -0.4 is 15.8 Å². The van der Waals surface area contributed by atoms with Crippen LogP contribution in [0.3, 0.4) is 0 Å². The fourth-order valence-electron chi connectivity index (χ4n) is 4.33. The fourth-order valence-corrected chi connectivity index (χ4v) is 4.51.